The highest BCUT2D eigenvalue weighted by Crippen LogP contribution is 2.50. The van der Waals surface area contributed by atoms with E-state index < -0.39 is 15.6 Å². The number of fused-ring (bicyclic) bond motifs is 3. The van der Waals surface area contributed by atoms with Crippen LogP contribution in [0.2, 0.25) is 0 Å². The Balaban J connectivity index is 1.71. The number of anilines is 1. The Kier molecular flexibility index (Phi) is 5.06. The van der Waals surface area contributed by atoms with Crippen molar-refractivity contribution in [2.45, 2.75) is 49.6 Å². The Labute approximate surface area is 178 Å². The normalized spacial score (nSPS) is 22.9. The van der Waals surface area contributed by atoms with Crippen LogP contribution in [0.15, 0.2) is 53.4 Å². The fourth-order valence-corrected chi connectivity index (χ4v) is 5.89. The molecule has 0 spiro atoms. The predicted octanol–water partition coefficient (Wildman–Crippen LogP) is 4.30. The third-order valence-corrected chi connectivity index (χ3v) is 7.40. The molecule has 1 aliphatic heterocycles. The van der Waals surface area contributed by atoms with E-state index >= 15 is 0 Å². The van der Waals surface area contributed by atoms with Crippen LogP contribution in [-0.2, 0) is 10.0 Å². The number of hydrogen-bond donors (Lipinski definition) is 3. The smallest absolute Gasteiger partial charge is 0.241 e. The van der Waals surface area contributed by atoms with Gasteiger partial charge in [-0.1, -0.05) is 18.2 Å². The quantitative estimate of drug-likeness (QED) is 0.632. The molecule has 1 heterocycles. The maximum Gasteiger partial charge on any atom is 0.241 e. The summed E-state index contributed by atoms with van der Waals surface area (Å²) in [7, 11) is -2.08. The van der Waals surface area contributed by atoms with E-state index in [9.17, 15) is 13.5 Å². The summed E-state index contributed by atoms with van der Waals surface area (Å²) in [5.41, 5.74) is 2.32. The lowest BCUT2D eigenvalue weighted by atomic mass is 9.77. The number of allylic oxidation sites excluding steroid dienone is 2. The lowest BCUT2D eigenvalue weighted by Crippen LogP contribution is -2.40. The monoisotopic (exact) mass is 428 g/mol. The number of methoxy groups -OCH3 is 1. The minimum Gasteiger partial charge on any atom is -0.504 e. The number of sulfonamides is 1. The lowest BCUT2D eigenvalue weighted by Gasteiger charge is -2.38. The van der Waals surface area contributed by atoms with Gasteiger partial charge < -0.3 is 15.2 Å². The van der Waals surface area contributed by atoms with Crippen LogP contribution in [0.1, 0.15) is 50.3 Å². The van der Waals surface area contributed by atoms with Crippen LogP contribution in [0.3, 0.4) is 0 Å². The maximum atomic E-state index is 12.8. The second-order valence-corrected chi connectivity index (χ2v) is 10.7. The number of phenolic OH excluding ortho intramolecular Hbond substituents is 1. The minimum absolute atomic E-state index is 0.00413. The lowest BCUT2D eigenvalue weighted by molar-refractivity contribution is 0.371. The fraction of sp³-hybridized carbons (Fsp3) is 0.391. The Morgan fingerprint density at radius 2 is 1.93 bits per heavy atom. The van der Waals surface area contributed by atoms with E-state index in [1.54, 1.807) is 24.3 Å². The molecule has 0 saturated carbocycles. The second kappa shape index (κ2) is 7.32. The van der Waals surface area contributed by atoms with Gasteiger partial charge in [-0.15, -0.1) is 0 Å². The zero-order valence-corrected chi connectivity index (χ0v) is 18.5. The van der Waals surface area contributed by atoms with Crippen LogP contribution in [0.5, 0.6) is 11.5 Å². The molecule has 0 saturated heterocycles. The summed E-state index contributed by atoms with van der Waals surface area (Å²) in [6.45, 7) is 5.49. The number of rotatable bonds is 4. The topological polar surface area (TPSA) is 87.7 Å². The van der Waals surface area contributed by atoms with Crippen LogP contribution in [0.25, 0.3) is 0 Å². The molecule has 2 aromatic carbocycles. The van der Waals surface area contributed by atoms with Gasteiger partial charge >= 0.3 is 0 Å². The van der Waals surface area contributed by atoms with Crippen LogP contribution in [-0.4, -0.2) is 26.2 Å². The first kappa shape index (κ1) is 20.8. The molecular weight excluding hydrogens is 400 g/mol. The van der Waals surface area contributed by atoms with Crippen LogP contribution in [0, 0.1) is 5.92 Å². The molecule has 3 unspecified atom stereocenters. The van der Waals surface area contributed by atoms with E-state index in [-0.39, 0.29) is 28.5 Å². The largest absolute Gasteiger partial charge is 0.504 e. The van der Waals surface area contributed by atoms with E-state index in [1.165, 1.54) is 7.11 Å². The summed E-state index contributed by atoms with van der Waals surface area (Å²) in [5, 5.41) is 13.8. The molecule has 30 heavy (non-hydrogen) atoms. The van der Waals surface area contributed by atoms with E-state index in [0.717, 1.165) is 23.2 Å². The van der Waals surface area contributed by atoms with Gasteiger partial charge in [0.15, 0.2) is 11.5 Å². The highest BCUT2D eigenvalue weighted by atomic mass is 32.2. The van der Waals surface area contributed by atoms with Crippen molar-refractivity contribution in [3.63, 3.8) is 0 Å². The summed E-state index contributed by atoms with van der Waals surface area (Å²) in [6, 6.07) is 10.7. The van der Waals surface area contributed by atoms with E-state index in [4.69, 9.17) is 4.74 Å². The molecule has 6 nitrogen and oxygen atoms in total. The van der Waals surface area contributed by atoms with Crippen LogP contribution >= 0.6 is 0 Å². The zero-order chi connectivity index (χ0) is 21.7. The average molecular weight is 429 g/mol. The molecule has 2 aliphatic rings. The summed E-state index contributed by atoms with van der Waals surface area (Å²) in [6.07, 6.45) is 5.19. The number of phenols is 1. The molecule has 0 amide bonds. The molecule has 0 aromatic heterocycles. The third-order valence-electron chi connectivity index (χ3n) is 5.65. The van der Waals surface area contributed by atoms with Crippen molar-refractivity contribution in [3.8, 4) is 11.5 Å². The molecule has 160 valence electrons. The van der Waals surface area contributed by atoms with Gasteiger partial charge in [-0.25, -0.2) is 13.1 Å². The van der Waals surface area contributed by atoms with Crippen molar-refractivity contribution in [2.75, 3.05) is 12.4 Å². The zero-order valence-electron chi connectivity index (χ0n) is 17.6. The first-order valence-electron chi connectivity index (χ1n) is 10.1. The Morgan fingerprint density at radius 1 is 1.17 bits per heavy atom. The molecule has 0 radical (unpaired) electrons. The van der Waals surface area contributed by atoms with Crippen molar-refractivity contribution in [1.82, 2.24) is 4.72 Å². The maximum absolute atomic E-state index is 12.8. The van der Waals surface area contributed by atoms with Gasteiger partial charge in [0.05, 0.1) is 18.0 Å². The molecule has 7 heteroatoms. The number of hydrogen-bond acceptors (Lipinski definition) is 5. The van der Waals surface area contributed by atoms with Crippen molar-refractivity contribution in [2.24, 2.45) is 5.92 Å². The molecule has 4 rings (SSSR count). The highest BCUT2D eigenvalue weighted by Gasteiger charge is 2.38. The summed E-state index contributed by atoms with van der Waals surface area (Å²) < 4.78 is 33.5. The first-order chi connectivity index (χ1) is 14.1. The first-order valence-corrected chi connectivity index (χ1v) is 11.6. The van der Waals surface area contributed by atoms with E-state index in [2.05, 4.69) is 22.2 Å². The van der Waals surface area contributed by atoms with Crippen LogP contribution in [0.4, 0.5) is 5.69 Å². The van der Waals surface area contributed by atoms with Crippen molar-refractivity contribution >= 4 is 15.7 Å². The van der Waals surface area contributed by atoms with Gasteiger partial charge in [-0.05, 0) is 74.6 Å². The van der Waals surface area contributed by atoms with Gasteiger partial charge in [0.25, 0.3) is 0 Å². The van der Waals surface area contributed by atoms with Gasteiger partial charge in [0.1, 0.15) is 0 Å². The Hall–Kier alpha value is -2.51. The van der Waals surface area contributed by atoms with E-state index in [1.807, 2.05) is 32.9 Å². The fourth-order valence-electron chi connectivity index (χ4n) is 4.43. The van der Waals surface area contributed by atoms with Crippen molar-refractivity contribution < 1.29 is 18.3 Å². The number of ether oxygens (including phenoxy) is 1. The highest BCUT2D eigenvalue weighted by molar-refractivity contribution is 7.89. The van der Waals surface area contributed by atoms with Crippen molar-refractivity contribution in [3.05, 3.63) is 59.7 Å². The molecule has 1 aliphatic carbocycles. The molecule has 2 aromatic rings. The van der Waals surface area contributed by atoms with Gasteiger partial charge in [-0.2, -0.15) is 0 Å². The van der Waals surface area contributed by atoms with E-state index in [0.29, 0.717) is 5.75 Å². The number of benzene rings is 2. The predicted molar refractivity (Wildman–Crippen MR) is 118 cm³/mol. The molecule has 0 fully saturated rings. The van der Waals surface area contributed by atoms with Gasteiger partial charge in [0, 0.05) is 17.1 Å². The molecular formula is C23H28N2O4S. The second-order valence-electron chi connectivity index (χ2n) is 9.01. The van der Waals surface area contributed by atoms with Gasteiger partial charge in [-0.3, -0.25) is 0 Å². The Morgan fingerprint density at radius 3 is 2.60 bits per heavy atom. The van der Waals surface area contributed by atoms with Crippen LogP contribution < -0.4 is 14.8 Å². The Bertz CT molecular complexity index is 1100. The van der Waals surface area contributed by atoms with Gasteiger partial charge in [0.2, 0.25) is 10.0 Å². The third kappa shape index (κ3) is 3.79. The summed E-state index contributed by atoms with van der Waals surface area (Å²) >= 11 is 0. The molecule has 3 N–H and O–H groups in total. The molecule has 3 atom stereocenters. The number of nitrogens with one attached hydrogen (secondary N) is 2. The summed E-state index contributed by atoms with van der Waals surface area (Å²) in [5.74, 6) is 0.899. The van der Waals surface area contributed by atoms with Crippen molar-refractivity contribution in [1.29, 1.82) is 0 Å². The summed E-state index contributed by atoms with van der Waals surface area (Å²) in [4.78, 5) is 0.276. The SMILES string of the molecule is COc1ccc(C2Nc3ccc(S(=O)(=O)NC(C)(C)C)cc3C3C=CCC32)cc1O. The average Bonchev–Trinajstić information content (AvgIpc) is 3.15. The number of aromatic hydroxyl groups is 1. The standard InChI is InChI=1S/C23H28N2O4S/c1-23(2,3)25-30(27,28)15-9-10-19-18(13-15)16-6-5-7-17(16)22(24-19)14-8-11-21(29-4)20(26)12-14/h5-6,8-13,16-17,22,24-26H,7H2,1-4H3. The minimum atomic E-state index is -3.61. The molecule has 0 bridgehead atoms.